The lowest BCUT2D eigenvalue weighted by molar-refractivity contribution is 0.197. The maximum absolute atomic E-state index is 11.3. The summed E-state index contributed by atoms with van der Waals surface area (Å²) >= 11 is 0. The number of likely N-dealkylation sites (tertiary alicyclic amines) is 1. The van der Waals surface area contributed by atoms with E-state index < -0.39 is 10.8 Å². The van der Waals surface area contributed by atoms with Crippen LogP contribution >= 0.6 is 0 Å². The van der Waals surface area contributed by atoms with Crippen LogP contribution in [-0.4, -0.2) is 52.3 Å². The third kappa shape index (κ3) is 3.54. The fourth-order valence-electron chi connectivity index (χ4n) is 2.71. The molecule has 4 heteroatoms. The minimum absolute atomic E-state index is 0.523. The van der Waals surface area contributed by atoms with Gasteiger partial charge in [0.15, 0.2) is 0 Å². The van der Waals surface area contributed by atoms with Crippen LogP contribution in [0.4, 0.5) is 0 Å². The van der Waals surface area contributed by atoms with E-state index in [0.717, 1.165) is 24.3 Å². The lowest BCUT2D eigenvalue weighted by Crippen LogP contribution is -2.47. The molecule has 0 atom stereocenters. The Hall–Kier alpha value is 0.0700. The highest BCUT2D eigenvalue weighted by Gasteiger charge is 2.23. The van der Waals surface area contributed by atoms with Gasteiger partial charge in [-0.1, -0.05) is 6.92 Å². The van der Waals surface area contributed by atoms with Crippen molar-refractivity contribution in [2.45, 2.75) is 44.7 Å². The molecule has 16 heavy (non-hydrogen) atoms. The van der Waals surface area contributed by atoms with Crippen molar-refractivity contribution in [2.75, 3.05) is 31.1 Å². The van der Waals surface area contributed by atoms with Crippen LogP contribution in [0.15, 0.2) is 0 Å². The summed E-state index contributed by atoms with van der Waals surface area (Å²) in [5.74, 6) is 1.82. The Morgan fingerprint density at radius 2 is 1.69 bits per heavy atom. The molecule has 0 saturated carbocycles. The van der Waals surface area contributed by atoms with Crippen LogP contribution in [0.25, 0.3) is 0 Å². The normalized spacial score (nSPS) is 34.1. The minimum Gasteiger partial charge on any atom is -0.311 e. The lowest BCUT2D eigenvalue weighted by atomic mass is 10.0. The van der Waals surface area contributed by atoms with Gasteiger partial charge in [-0.05, 0) is 45.3 Å². The summed E-state index contributed by atoms with van der Waals surface area (Å²) in [6.07, 6.45) is 4.79. The van der Waals surface area contributed by atoms with Crippen LogP contribution in [-0.2, 0) is 10.8 Å². The van der Waals surface area contributed by atoms with Crippen molar-refractivity contribution in [3.05, 3.63) is 0 Å². The molecule has 2 fully saturated rings. The van der Waals surface area contributed by atoms with Gasteiger partial charge < -0.3 is 10.2 Å². The first-order valence-electron chi connectivity index (χ1n) is 6.61. The van der Waals surface area contributed by atoms with Crippen LogP contribution in [0.1, 0.15) is 32.6 Å². The number of nitrogens with one attached hydrogen (secondary N) is 1. The number of piperidine rings is 1. The lowest BCUT2D eigenvalue weighted by Gasteiger charge is -2.35. The largest absolute Gasteiger partial charge is 0.311 e. The molecule has 2 heterocycles. The molecular formula is C12H24N2OS. The Morgan fingerprint density at radius 1 is 1.12 bits per heavy atom. The molecule has 0 spiro atoms. The van der Waals surface area contributed by atoms with Gasteiger partial charge in [0, 0.05) is 34.4 Å². The van der Waals surface area contributed by atoms with E-state index in [1.54, 1.807) is 0 Å². The van der Waals surface area contributed by atoms with Crippen LogP contribution < -0.4 is 5.32 Å². The van der Waals surface area contributed by atoms with Crippen LogP contribution in [0.2, 0.25) is 0 Å². The van der Waals surface area contributed by atoms with Crippen LogP contribution in [0, 0.1) is 0 Å². The Kier molecular flexibility index (Phi) is 4.79. The van der Waals surface area contributed by atoms with Gasteiger partial charge in [-0.15, -0.1) is 0 Å². The molecule has 0 unspecified atom stereocenters. The highest BCUT2D eigenvalue weighted by molar-refractivity contribution is 7.85. The Labute approximate surface area is 101 Å². The molecule has 0 aromatic rings. The molecule has 0 amide bonds. The van der Waals surface area contributed by atoms with E-state index in [9.17, 15) is 4.21 Å². The average molecular weight is 244 g/mol. The Morgan fingerprint density at radius 3 is 2.25 bits per heavy atom. The van der Waals surface area contributed by atoms with Crippen molar-refractivity contribution in [3.63, 3.8) is 0 Å². The molecule has 1 N–H and O–H groups in total. The number of nitrogens with zero attached hydrogens (tertiary/aromatic N) is 1. The topological polar surface area (TPSA) is 32.3 Å². The van der Waals surface area contributed by atoms with E-state index in [0.29, 0.717) is 12.1 Å². The van der Waals surface area contributed by atoms with Gasteiger partial charge in [0.25, 0.3) is 0 Å². The molecule has 0 aromatic carbocycles. The first-order valence-corrected chi connectivity index (χ1v) is 8.10. The smallest absolute Gasteiger partial charge is 0.0249 e. The predicted octanol–water partition coefficient (Wildman–Crippen LogP) is 0.971. The maximum Gasteiger partial charge on any atom is 0.0249 e. The predicted molar refractivity (Wildman–Crippen MR) is 69.2 cm³/mol. The summed E-state index contributed by atoms with van der Waals surface area (Å²) in [6.45, 7) is 5.92. The van der Waals surface area contributed by atoms with Gasteiger partial charge in [0.2, 0.25) is 0 Å². The monoisotopic (exact) mass is 244 g/mol. The minimum atomic E-state index is -0.523. The second-order valence-corrected chi connectivity index (χ2v) is 6.69. The summed E-state index contributed by atoms with van der Waals surface area (Å²) in [5.41, 5.74) is 0. The first-order chi connectivity index (χ1) is 7.78. The zero-order valence-corrected chi connectivity index (χ0v) is 11.1. The second-order valence-electron chi connectivity index (χ2n) is 5.00. The summed E-state index contributed by atoms with van der Waals surface area (Å²) < 4.78 is 11.3. The molecule has 0 aromatic heterocycles. The molecule has 2 saturated heterocycles. The van der Waals surface area contributed by atoms with Gasteiger partial charge in [-0.25, -0.2) is 0 Å². The molecule has 0 aliphatic carbocycles. The highest BCUT2D eigenvalue weighted by atomic mass is 32.2. The number of rotatable bonds is 3. The highest BCUT2D eigenvalue weighted by Crippen LogP contribution is 2.15. The van der Waals surface area contributed by atoms with Crippen LogP contribution in [0.3, 0.4) is 0 Å². The van der Waals surface area contributed by atoms with Crippen molar-refractivity contribution in [1.29, 1.82) is 0 Å². The van der Waals surface area contributed by atoms with E-state index in [1.165, 1.54) is 32.5 Å². The maximum atomic E-state index is 11.3. The standard InChI is InChI=1S/C12H24N2OS/c1-2-14-7-3-11(4-8-14)13-12-5-9-16(15)10-6-12/h11-13H,2-10H2,1H3. The number of hydrogen-bond donors (Lipinski definition) is 1. The molecule has 2 aliphatic rings. The van der Waals surface area contributed by atoms with Gasteiger partial charge >= 0.3 is 0 Å². The molecule has 2 aliphatic heterocycles. The zero-order chi connectivity index (χ0) is 11.4. The quantitative estimate of drug-likeness (QED) is 0.803. The molecule has 0 bridgehead atoms. The van der Waals surface area contributed by atoms with Crippen molar-refractivity contribution in [2.24, 2.45) is 0 Å². The van der Waals surface area contributed by atoms with Gasteiger partial charge in [-0.3, -0.25) is 4.21 Å². The van der Waals surface area contributed by atoms with Crippen molar-refractivity contribution in [3.8, 4) is 0 Å². The average Bonchev–Trinajstić information content (AvgIpc) is 2.33. The van der Waals surface area contributed by atoms with E-state index in [-0.39, 0.29) is 0 Å². The summed E-state index contributed by atoms with van der Waals surface area (Å²) in [4.78, 5) is 2.52. The van der Waals surface area contributed by atoms with Gasteiger partial charge in [-0.2, -0.15) is 0 Å². The van der Waals surface area contributed by atoms with E-state index in [1.807, 2.05) is 0 Å². The van der Waals surface area contributed by atoms with Gasteiger partial charge in [0.05, 0.1) is 0 Å². The number of hydrogen-bond acceptors (Lipinski definition) is 3. The van der Waals surface area contributed by atoms with Gasteiger partial charge in [0.1, 0.15) is 0 Å². The third-order valence-corrected chi connectivity index (χ3v) is 5.28. The van der Waals surface area contributed by atoms with Crippen molar-refractivity contribution >= 4 is 10.8 Å². The van der Waals surface area contributed by atoms with Crippen LogP contribution in [0.5, 0.6) is 0 Å². The molecular weight excluding hydrogens is 220 g/mol. The first kappa shape index (κ1) is 12.5. The fourth-order valence-corrected chi connectivity index (χ4v) is 4.01. The van der Waals surface area contributed by atoms with E-state index in [2.05, 4.69) is 17.1 Å². The molecule has 3 nitrogen and oxygen atoms in total. The SMILES string of the molecule is CCN1CCC(NC2CCS(=O)CC2)CC1. The fraction of sp³-hybridized carbons (Fsp3) is 1.00. The van der Waals surface area contributed by atoms with E-state index >= 15 is 0 Å². The molecule has 94 valence electrons. The zero-order valence-electron chi connectivity index (χ0n) is 10.3. The van der Waals surface area contributed by atoms with E-state index in [4.69, 9.17) is 0 Å². The summed E-state index contributed by atoms with van der Waals surface area (Å²) in [7, 11) is -0.523. The van der Waals surface area contributed by atoms with Crippen molar-refractivity contribution < 1.29 is 4.21 Å². The second kappa shape index (κ2) is 6.12. The summed E-state index contributed by atoms with van der Waals surface area (Å²) in [5, 5.41) is 3.76. The molecule has 0 radical (unpaired) electrons. The third-order valence-electron chi connectivity index (χ3n) is 3.89. The Bertz CT molecular complexity index is 229. The summed E-state index contributed by atoms with van der Waals surface area (Å²) in [6, 6.07) is 1.34. The molecule has 2 rings (SSSR count). The Balaban J connectivity index is 1.68. The van der Waals surface area contributed by atoms with Crippen molar-refractivity contribution in [1.82, 2.24) is 10.2 Å².